The summed E-state index contributed by atoms with van der Waals surface area (Å²) in [5.74, 6) is 0.224. The van der Waals surface area contributed by atoms with Crippen molar-refractivity contribution in [1.82, 2.24) is 4.90 Å². The zero-order valence-electron chi connectivity index (χ0n) is 16.4. The van der Waals surface area contributed by atoms with Gasteiger partial charge in [-0.3, -0.25) is 4.90 Å². The molecule has 1 unspecified atom stereocenters. The fourth-order valence-corrected chi connectivity index (χ4v) is 5.35. The van der Waals surface area contributed by atoms with Gasteiger partial charge in [0.1, 0.15) is 0 Å². The van der Waals surface area contributed by atoms with Gasteiger partial charge in [0.25, 0.3) is 0 Å². The summed E-state index contributed by atoms with van der Waals surface area (Å²) in [7, 11) is 0. The van der Waals surface area contributed by atoms with Crippen LogP contribution in [0.5, 0.6) is 0 Å². The van der Waals surface area contributed by atoms with E-state index >= 15 is 0 Å². The molecule has 0 aliphatic heterocycles. The second kappa shape index (κ2) is 10.4. The Morgan fingerprint density at radius 2 is 1.67 bits per heavy atom. The van der Waals surface area contributed by atoms with E-state index in [4.69, 9.17) is 0 Å². The van der Waals surface area contributed by atoms with Crippen LogP contribution in [0.15, 0.2) is 57.5 Å². The Morgan fingerprint density at radius 1 is 1.04 bits per heavy atom. The minimum Gasteiger partial charge on any atom is -0.299 e. The molecule has 0 spiro atoms. The molecular weight excluding hydrogens is 464 g/mol. The summed E-state index contributed by atoms with van der Waals surface area (Å²) in [6.45, 7) is 9.45. The zero-order valence-corrected chi connectivity index (χ0v) is 19.6. The molecule has 0 heterocycles. The van der Waals surface area contributed by atoms with Gasteiger partial charge in [0.15, 0.2) is 0 Å². The maximum Gasteiger partial charge on any atom is 0.0867 e. The Balaban J connectivity index is 2.14. The second-order valence-corrected chi connectivity index (χ2v) is 9.00. The largest absolute Gasteiger partial charge is 0.299 e. The second-order valence-electron chi connectivity index (χ2n) is 7.29. The lowest BCUT2D eigenvalue weighted by Gasteiger charge is -2.34. The smallest absolute Gasteiger partial charge is 0.0867 e. The average molecular weight is 492 g/mol. The van der Waals surface area contributed by atoms with Gasteiger partial charge in [-0.2, -0.15) is 5.26 Å². The number of hydrogen-bond acceptors (Lipinski definition) is 2. The van der Waals surface area contributed by atoms with Gasteiger partial charge >= 0.3 is 0 Å². The van der Waals surface area contributed by atoms with Crippen molar-refractivity contribution in [2.75, 3.05) is 13.1 Å². The van der Waals surface area contributed by atoms with Crippen molar-refractivity contribution in [2.24, 2.45) is 5.92 Å². The van der Waals surface area contributed by atoms with Gasteiger partial charge in [0.05, 0.1) is 11.5 Å². The van der Waals surface area contributed by atoms with Crippen molar-refractivity contribution in [3.8, 4) is 6.07 Å². The molecule has 0 aliphatic carbocycles. The fourth-order valence-electron chi connectivity index (χ4n) is 3.64. The van der Waals surface area contributed by atoms with E-state index in [-0.39, 0.29) is 5.92 Å². The van der Waals surface area contributed by atoms with Crippen molar-refractivity contribution >= 4 is 31.9 Å². The van der Waals surface area contributed by atoms with E-state index in [1.807, 2.05) is 18.2 Å². The molecule has 0 aromatic heterocycles. The van der Waals surface area contributed by atoms with Crippen LogP contribution in [-0.4, -0.2) is 18.0 Å². The summed E-state index contributed by atoms with van der Waals surface area (Å²) in [4.78, 5) is 2.45. The SMILES string of the molecule is CCN(CCCC(C#N)(c1c(Br)cccc1Br)C(C)C)Cc1ccccc1. The molecule has 0 saturated carbocycles. The topological polar surface area (TPSA) is 27.0 Å². The first kappa shape index (κ1) is 22.1. The van der Waals surface area contributed by atoms with Crippen molar-refractivity contribution in [3.63, 3.8) is 0 Å². The molecule has 2 rings (SSSR count). The van der Waals surface area contributed by atoms with Crippen LogP contribution in [0.3, 0.4) is 0 Å². The average Bonchev–Trinajstić information content (AvgIpc) is 2.66. The van der Waals surface area contributed by atoms with Gasteiger partial charge < -0.3 is 0 Å². The van der Waals surface area contributed by atoms with E-state index in [9.17, 15) is 5.26 Å². The quantitative estimate of drug-likeness (QED) is 0.380. The highest BCUT2D eigenvalue weighted by molar-refractivity contribution is 9.11. The van der Waals surface area contributed by atoms with Crippen LogP contribution >= 0.6 is 31.9 Å². The maximum absolute atomic E-state index is 10.2. The molecule has 0 radical (unpaired) electrons. The summed E-state index contributed by atoms with van der Waals surface area (Å²) in [6.07, 6.45) is 1.83. The Labute approximate surface area is 180 Å². The van der Waals surface area contributed by atoms with Crippen LogP contribution in [0.4, 0.5) is 0 Å². The van der Waals surface area contributed by atoms with Crippen molar-refractivity contribution < 1.29 is 0 Å². The molecule has 4 heteroatoms. The van der Waals surface area contributed by atoms with Gasteiger partial charge in [0, 0.05) is 21.1 Å². The number of rotatable bonds is 9. The predicted molar refractivity (Wildman–Crippen MR) is 121 cm³/mol. The highest BCUT2D eigenvalue weighted by atomic mass is 79.9. The summed E-state index contributed by atoms with van der Waals surface area (Å²) < 4.78 is 2.01. The van der Waals surface area contributed by atoms with E-state index in [1.54, 1.807) is 0 Å². The molecule has 2 nitrogen and oxygen atoms in total. The van der Waals surface area contributed by atoms with Crippen LogP contribution in [0, 0.1) is 17.2 Å². The lowest BCUT2D eigenvalue weighted by Crippen LogP contribution is -2.33. The minimum absolute atomic E-state index is 0.224. The summed E-state index contributed by atoms with van der Waals surface area (Å²) in [5.41, 5.74) is 1.90. The van der Waals surface area contributed by atoms with Gasteiger partial charge in [0.2, 0.25) is 0 Å². The number of halogens is 2. The molecule has 0 fully saturated rings. The van der Waals surface area contributed by atoms with Gasteiger partial charge in [-0.05, 0) is 49.5 Å². The lowest BCUT2D eigenvalue weighted by molar-refractivity contribution is 0.254. The molecule has 144 valence electrons. The summed E-state index contributed by atoms with van der Waals surface area (Å²) in [6, 6.07) is 19.3. The molecular formula is C23H28Br2N2. The number of nitriles is 1. The van der Waals surface area contributed by atoms with Crippen molar-refractivity contribution in [1.29, 1.82) is 5.26 Å². The Hall–Kier alpha value is -1.15. The van der Waals surface area contributed by atoms with Crippen LogP contribution in [0.2, 0.25) is 0 Å². The molecule has 2 aromatic rings. The Kier molecular flexibility index (Phi) is 8.54. The van der Waals surface area contributed by atoms with E-state index in [0.29, 0.717) is 0 Å². The predicted octanol–water partition coefficient (Wildman–Crippen LogP) is 6.93. The van der Waals surface area contributed by atoms with Crippen LogP contribution in [0.25, 0.3) is 0 Å². The van der Waals surface area contributed by atoms with E-state index in [0.717, 1.165) is 47.0 Å². The summed E-state index contributed by atoms with van der Waals surface area (Å²) >= 11 is 7.36. The zero-order chi connectivity index (χ0) is 19.9. The van der Waals surface area contributed by atoms with E-state index in [1.165, 1.54) is 5.56 Å². The Bertz CT molecular complexity index is 747. The number of hydrogen-bond donors (Lipinski definition) is 0. The normalized spacial score (nSPS) is 13.6. The minimum atomic E-state index is -0.509. The van der Waals surface area contributed by atoms with Crippen molar-refractivity contribution in [3.05, 3.63) is 68.6 Å². The van der Waals surface area contributed by atoms with E-state index < -0.39 is 5.41 Å². The monoisotopic (exact) mass is 490 g/mol. The van der Waals surface area contributed by atoms with Crippen molar-refractivity contribution in [2.45, 2.75) is 45.6 Å². The highest BCUT2D eigenvalue weighted by Crippen LogP contribution is 2.43. The molecule has 0 saturated heterocycles. The molecule has 27 heavy (non-hydrogen) atoms. The van der Waals surface area contributed by atoms with Crippen LogP contribution < -0.4 is 0 Å². The highest BCUT2D eigenvalue weighted by Gasteiger charge is 2.38. The third-order valence-corrected chi connectivity index (χ3v) is 6.66. The van der Waals surface area contributed by atoms with Gasteiger partial charge in [-0.15, -0.1) is 0 Å². The maximum atomic E-state index is 10.2. The van der Waals surface area contributed by atoms with Gasteiger partial charge in [-0.1, -0.05) is 89.0 Å². The number of nitrogens with zero attached hydrogens (tertiary/aromatic N) is 2. The molecule has 0 amide bonds. The Morgan fingerprint density at radius 3 is 2.19 bits per heavy atom. The first-order chi connectivity index (χ1) is 12.9. The first-order valence-corrected chi connectivity index (χ1v) is 11.1. The standard InChI is InChI=1S/C23H28Br2N2/c1-4-27(16-19-10-6-5-7-11-19)15-9-14-23(17-26,18(2)3)22-20(24)12-8-13-21(22)25/h5-8,10-13,18H,4,9,14-16H2,1-3H3. The fraction of sp³-hybridized carbons (Fsp3) is 0.435. The van der Waals surface area contributed by atoms with Crippen LogP contribution in [-0.2, 0) is 12.0 Å². The van der Waals surface area contributed by atoms with Gasteiger partial charge in [-0.25, -0.2) is 0 Å². The number of benzene rings is 2. The lowest BCUT2D eigenvalue weighted by atomic mass is 9.70. The molecule has 0 aliphatic rings. The molecule has 0 bridgehead atoms. The van der Waals surface area contributed by atoms with E-state index in [2.05, 4.69) is 93.9 Å². The third-order valence-electron chi connectivity index (χ3n) is 5.34. The molecule has 2 aromatic carbocycles. The third kappa shape index (κ3) is 5.44. The molecule has 1 atom stereocenters. The first-order valence-electron chi connectivity index (χ1n) is 9.56. The van der Waals surface area contributed by atoms with Crippen LogP contribution in [0.1, 0.15) is 44.7 Å². The summed E-state index contributed by atoms with van der Waals surface area (Å²) in [5, 5.41) is 10.2. The molecule has 0 N–H and O–H groups in total.